The molecule has 3 aromatic rings. The van der Waals surface area contributed by atoms with Crippen LogP contribution in [0.2, 0.25) is 0 Å². The summed E-state index contributed by atoms with van der Waals surface area (Å²) in [5, 5.41) is 14.6. The molecule has 1 aromatic heterocycles. The van der Waals surface area contributed by atoms with Crippen LogP contribution in [0.4, 0.5) is 0 Å². The second kappa shape index (κ2) is 6.57. The van der Waals surface area contributed by atoms with Gasteiger partial charge in [-0.3, -0.25) is 4.79 Å². The third kappa shape index (κ3) is 3.10. The molecule has 0 unspecified atom stereocenters. The molecule has 6 heteroatoms. The first-order valence-electron chi connectivity index (χ1n) is 7.52. The lowest BCUT2D eigenvalue weighted by Crippen LogP contribution is -2.23. The van der Waals surface area contributed by atoms with Crippen LogP contribution in [0.3, 0.4) is 0 Å². The third-order valence-corrected chi connectivity index (χ3v) is 4.09. The first kappa shape index (κ1) is 16.4. The Kier molecular flexibility index (Phi) is 4.49. The van der Waals surface area contributed by atoms with Gasteiger partial charge in [0.1, 0.15) is 11.6 Å². The molecule has 0 amide bonds. The van der Waals surface area contributed by atoms with Gasteiger partial charge in [-0.15, -0.1) is 0 Å². The Labute approximate surface area is 147 Å². The molecule has 0 saturated heterocycles. The average molecular weight is 386 g/mol. The number of phenolic OH excluding ortho intramolecular Hbond substituents is 1. The van der Waals surface area contributed by atoms with E-state index in [1.54, 1.807) is 30.3 Å². The number of benzene rings is 2. The van der Waals surface area contributed by atoms with Gasteiger partial charge in [-0.25, -0.2) is 4.98 Å². The Balaban J connectivity index is 2.22. The summed E-state index contributed by atoms with van der Waals surface area (Å²) in [6, 6.07) is 12.2. The van der Waals surface area contributed by atoms with Crippen molar-refractivity contribution in [2.75, 3.05) is 0 Å². The van der Waals surface area contributed by atoms with Crippen molar-refractivity contribution in [3.8, 4) is 5.75 Å². The number of fused-ring (bicyclic) bond motifs is 1. The first-order valence-corrected chi connectivity index (χ1v) is 8.31. The molecule has 1 N–H and O–H groups in total. The fourth-order valence-corrected chi connectivity index (χ4v) is 2.73. The van der Waals surface area contributed by atoms with Crippen molar-refractivity contribution in [2.45, 2.75) is 19.8 Å². The topological polar surface area (TPSA) is 67.5 Å². The molecule has 3 rings (SSSR count). The van der Waals surface area contributed by atoms with Crippen molar-refractivity contribution >= 4 is 33.0 Å². The highest BCUT2D eigenvalue weighted by molar-refractivity contribution is 9.10. The molecule has 0 fully saturated rings. The van der Waals surface area contributed by atoms with Gasteiger partial charge in [-0.05, 0) is 30.3 Å². The minimum absolute atomic E-state index is 0.0206. The minimum atomic E-state index is -0.239. The van der Waals surface area contributed by atoms with E-state index < -0.39 is 0 Å². The summed E-state index contributed by atoms with van der Waals surface area (Å²) < 4.78 is 2.11. The number of nitrogens with zero attached hydrogens (tertiary/aromatic N) is 3. The summed E-state index contributed by atoms with van der Waals surface area (Å²) in [4.78, 5) is 17.4. The van der Waals surface area contributed by atoms with Gasteiger partial charge < -0.3 is 5.11 Å². The number of halogens is 1. The number of aromatic nitrogens is 2. The number of para-hydroxylation sites is 1. The lowest BCUT2D eigenvalue weighted by atomic mass is 10.2. The number of aromatic hydroxyl groups is 1. The highest BCUT2D eigenvalue weighted by Crippen LogP contribution is 2.19. The SMILES string of the molecule is CC(C)c1nc2ccc(Br)cc2c(=O)n1N=Cc1ccccc1O. The summed E-state index contributed by atoms with van der Waals surface area (Å²) >= 11 is 3.38. The molecular formula is C18H16BrN3O2. The number of hydrogen-bond donors (Lipinski definition) is 1. The minimum Gasteiger partial charge on any atom is -0.507 e. The lowest BCUT2D eigenvalue weighted by Gasteiger charge is -2.12. The van der Waals surface area contributed by atoms with Crippen LogP contribution in [0.1, 0.15) is 31.2 Å². The van der Waals surface area contributed by atoms with Crippen LogP contribution in [-0.4, -0.2) is 21.0 Å². The number of phenols is 1. The Morgan fingerprint density at radius 2 is 2.00 bits per heavy atom. The summed E-state index contributed by atoms with van der Waals surface area (Å²) in [6.07, 6.45) is 1.47. The summed E-state index contributed by atoms with van der Waals surface area (Å²) in [7, 11) is 0. The van der Waals surface area contributed by atoms with Gasteiger partial charge in [0.05, 0.1) is 17.1 Å². The molecule has 0 aliphatic carbocycles. The van der Waals surface area contributed by atoms with E-state index in [1.165, 1.54) is 10.9 Å². The molecule has 0 bridgehead atoms. The lowest BCUT2D eigenvalue weighted by molar-refractivity contribution is 0.474. The second-order valence-corrected chi connectivity index (χ2v) is 6.62. The van der Waals surface area contributed by atoms with Gasteiger partial charge in [-0.1, -0.05) is 41.9 Å². The Morgan fingerprint density at radius 3 is 2.71 bits per heavy atom. The van der Waals surface area contributed by atoms with Crippen LogP contribution in [0, 0.1) is 0 Å². The average Bonchev–Trinajstić information content (AvgIpc) is 2.55. The summed E-state index contributed by atoms with van der Waals surface area (Å²) in [5.41, 5.74) is 0.936. The zero-order valence-corrected chi connectivity index (χ0v) is 14.9. The zero-order valence-electron chi connectivity index (χ0n) is 13.3. The quantitative estimate of drug-likeness (QED) is 0.695. The molecule has 0 saturated carbocycles. The van der Waals surface area contributed by atoms with Gasteiger partial charge in [0.25, 0.3) is 5.56 Å². The first-order chi connectivity index (χ1) is 11.5. The van der Waals surface area contributed by atoms with Crippen molar-refractivity contribution in [3.63, 3.8) is 0 Å². The van der Waals surface area contributed by atoms with E-state index in [2.05, 4.69) is 26.0 Å². The van der Waals surface area contributed by atoms with Crippen molar-refractivity contribution in [2.24, 2.45) is 5.10 Å². The van der Waals surface area contributed by atoms with Gasteiger partial charge in [0.2, 0.25) is 0 Å². The van der Waals surface area contributed by atoms with E-state index in [9.17, 15) is 9.90 Å². The highest BCUT2D eigenvalue weighted by Gasteiger charge is 2.13. The number of rotatable bonds is 3. The maximum atomic E-state index is 12.8. The van der Waals surface area contributed by atoms with Crippen molar-refractivity contribution < 1.29 is 5.11 Å². The van der Waals surface area contributed by atoms with Gasteiger partial charge in [0, 0.05) is 16.0 Å². The Bertz CT molecular complexity index is 993. The molecular weight excluding hydrogens is 370 g/mol. The van der Waals surface area contributed by atoms with Gasteiger partial charge in [-0.2, -0.15) is 9.78 Å². The molecule has 1 heterocycles. The molecule has 2 aromatic carbocycles. The van der Waals surface area contributed by atoms with Crippen LogP contribution in [-0.2, 0) is 0 Å². The maximum Gasteiger partial charge on any atom is 0.282 e. The highest BCUT2D eigenvalue weighted by atomic mass is 79.9. The van der Waals surface area contributed by atoms with Crippen molar-refractivity contribution in [3.05, 3.63) is 68.7 Å². The van der Waals surface area contributed by atoms with E-state index in [0.717, 1.165) is 4.47 Å². The van der Waals surface area contributed by atoms with Crippen molar-refractivity contribution in [1.82, 2.24) is 9.66 Å². The Hall–Kier alpha value is -2.47. The summed E-state index contributed by atoms with van der Waals surface area (Å²) in [5.74, 6) is 0.700. The van der Waals surface area contributed by atoms with E-state index in [0.29, 0.717) is 22.3 Å². The van der Waals surface area contributed by atoms with Gasteiger partial charge in [0.15, 0.2) is 0 Å². The maximum absolute atomic E-state index is 12.8. The van der Waals surface area contributed by atoms with Crippen LogP contribution in [0.25, 0.3) is 10.9 Å². The van der Waals surface area contributed by atoms with Gasteiger partial charge >= 0.3 is 0 Å². The molecule has 5 nitrogen and oxygen atoms in total. The van der Waals surface area contributed by atoms with Crippen LogP contribution < -0.4 is 5.56 Å². The van der Waals surface area contributed by atoms with E-state index in [1.807, 2.05) is 26.0 Å². The molecule has 0 atom stereocenters. The van der Waals surface area contributed by atoms with E-state index >= 15 is 0 Å². The van der Waals surface area contributed by atoms with Crippen LogP contribution in [0.5, 0.6) is 5.75 Å². The molecule has 0 aliphatic rings. The van der Waals surface area contributed by atoms with Crippen LogP contribution in [0.15, 0.2) is 56.8 Å². The molecule has 122 valence electrons. The van der Waals surface area contributed by atoms with Crippen LogP contribution >= 0.6 is 15.9 Å². The predicted molar refractivity (Wildman–Crippen MR) is 98.9 cm³/mol. The largest absolute Gasteiger partial charge is 0.507 e. The molecule has 0 aliphatic heterocycles. The molecule has 0 spiro atoms. The van der Waals surface area contributed by atoms with E-state index in [4.69, 9.17) is 0 Å². The monoisotopic (exact) mass is 385 g/mol. The normalized spacial score (nSPS) is 11.7. The van der Waals surface area contributed by atoms with E-state index in [-0.39, 0.29) is 17.2 Å². The number of hydrogen-bond acceptors (Lipinski definition) is 4. The van der Waals surface area contributed by atoms with Crippen molar-refractivity contribution in [1.29, 1.82) is 0 Å². The molecule has 24 heavy (non-hydrogen) atoms. The predicted octanol–water partition coefficient (Wildman–Crippen LogP) is 3.87. The third-order valence-electron chi connectivity index (χ3n) is 3.60. The standard InChI is InChI=1S/C18H16BrN3O2/c1-11(2)17-21-15-8-7-13(19)9-14(15)18(24)22(17)20-10-12-5-3-4-6-16(12)23/h3-11,23H,1-2H3. The Morgan fingerprint density at radius 1 is 1.25 bits per heavy atom. The fraction of sp³-hybridized carbons (Fsp3) is 0.167. The zero-order chi connectivity index (χ0) is 17.3. The summed E-state index contributed by atoms with van der Waals surface area (Å²) in [6.45, 7) is 3.91. The smallest absolute Gasteiger partial charge is 0.282 e. The second-order valence-electron chi connectivity index (χ2n) is 5.71. The fourth-order valence-electron chi connectivity index (χ4n) is 2.37. The molecule has 0 radical (unpaired) electrons.